The van der Waals surface area contributed by atoms with Crippen LogP contribution in [0.2, 0.25) is 0 Å². The fourth-order valence-corrected chi connectivity index (χ4v) is 2.26. The zero-order chi connectivity index (χ0) is 10.7. The summed E-state index contributed by atoms with van der Waals surface area (Å²) in [5.74, 6) is 0.411. The van der Waals surface area contributed by atoms with Crippen molar-refractivity contribution in [3.63, 3.8) is 0 Å². The fourth-order valence-electron chi connectivity index (χ4n) is 2.26. The molecule has 0 spiro atoms. The molecule has 2 atom stereocenters. The van der Waals surface area contributed by atoms with Crippen LogP contribution >= 0.6 is 0 Å². The van der Waals surface area contributed by atoms with Crippen molar-refractivity contribution in [2.45, 2.75) is 12.3 Å². The van der Waals surface area contributed by atoms with Crippen LogP contribution in [0, 0.1) is 11.7 Å². The molecule has 0 amide bonds. The Balaban J connectivity index is 2.16. The first kappa shape index (κ1) is 10.6. The highest BCUT2D eigenvalue weighted by molar-refractivity contribution is 5.22. The summed E-state index contributed by atoms with van der Waals surface area (Å²) in [5, 5.41) is 12.5. The summed E-state index contributed by atoms with van der Waals surface area (Å²) >= 11 is 0. The number of halogens is 1. The van der Waals surface area contributed by atoms with Crippen molar-refractivity contribution < 1.29 is 9.50 Å². The van der Waals surface area contributed by atoms with Gasteiger partial charge in [0.15, 0.2) is 0 Å². The Kier molecular flexibility index (Phi) is 3.34. The first-order valence-electron chi connectivity index (χ1n) is 5.38. The van der Waals surface area contributed by atoms with Crippen molar-refractivity contribution in [1.82, 2.24) is 5.32 Å². The fraction of sp³-hybridized carbons (Fsp3) is 0.500. The van der Waals surface area contributed by atoms with Crippen LogP contribution in [0.5, 0.6) is 0 Å². The van der Waals surface area contributed by atoms with Crippen molar-refractivity contribution in [1.29, 1.82) is 0 Å². The standard InChI is InChI=1S/C12H16FNO/c13-11-3-1-9(2-4-11)12-5-6-14-7-10(12)8-15/h1-4,10,12,14-15H,5-8H2/t10-,12-/m1/s1. The first-order chi connectivity index (χ1) is 7.31. The smallest absolute Gasteiger partial charge is 0.123 e. The number of nitrogens with one attached hydrogen (secondary N) is 1. The van der Waals surface area contributed by atoms with Gasteiger partial charge >= 0.3 is 0 Å². The van der Waals surface area contributed by atoms with E-state index in [4.69, 9.17) is 0 Å². The summed E-state index contributed by atoms with van der Waals surface area (Å²) < 4.78 is 12.8. The summed E-state index contributed by atoms with van der Waals surface area (Å²) in [6.07, 6.45) is 1.01. The van der Waals surface area contributed by atoms with Gasteiger partial charge in [0, 0.05) is 19.1 Å². The van der Waals surface area contributed by atoms with Crippen LogP contribution in [0.15, 0.2) is 24.3 Å². The summed E-state index contributed by atoms with van der Waals surface area (Å²) in [6.45, 7) is 2.01. The Hall–Kier alpha value is -0.930. The number of hydrogen-bond acceptors (Lipinski definition) is 2. The van der Waals surface area contributed by atoms with Crippen molar-refractivity contribution in [2.75, 3.05) is 19.7 Å². The van der Waals surface area contributed by atoms with Crippen LogP contribution in [-0.2, 0) is 0 Å². The van der Waals surface area contributed by atoms with E-state index in [1.54, 1.807) is 0 Å². The predicted octanol–water partition coefficient (Wildman–Crippen LogP) is 1.51. The van der Waals surface area contributed by atoms with Gasteiger partial charge in [-0.25, -0.2) is 4.39 Å². The Morgan fingerprint density at radius 1 is 1.33 bits per heavy atom. The molecule has 0 aromatic heterocycles. The van der Waals surface area contributed by atoms with Gasteiger partial charge in [-0.15, -0.1) is 0 Å². The van der Waals surface area contributed by atoms with Gasteiger partial charge in [0.2, 0.25) is 0 Å². The van der Waals surface area contributed by atoms with Gasteiger partial charge in [-0.3, -0.25) is 0 Å². The van der Waals surface area contributed by atoms with Crippen LogP contribution < -0.4 is 5.32 Å². The molecule has 1 aliphatic rings. The summed E-state index contributed by atoms with van der Waals surface area (Å²) in [4.78, 5) is 0. The molecule has 1 aromatic carbocycles. The normalized spacial score (nSPS) is 26.5. The second kappa shape index (κ2) is 4.73. The molecular formula is C12H16FNO. The van der Waals surface area contributed by atoms with E-state index in [9.17, 15) is 9.50 Å². The quantitative estimate of drug-likeness (QED) is 0.774. The van der Waals surface area contributed by atoms with Gasteiger partial charge < -0.3 is 10.4 Å². The average Bonchev–Trinajstić information content (AvgIpc) is 2.30. The molecular weight excluding hydrogens is 193 g/mol. The number of benzene rings is 1. The van der Waals surface area contributed by atoms with E-state index in [2.05, 4.69) is 5.32 Å². The molecule has 0 radical (unpaired) electrons. The monoisotopic (exact) mass is 209 g/mol. The topological polar surface area (TPSA) is 32.3 Å². The van der Waals surface area contributed by atoms with Crippen LogP contribution in [0.3, 0.4) is 0 Å². The van der Waals surface area contributed by atoms with Crippen LogP contribution in [0.4, 0.5) is 4.39 Å². The Bertz CT molecular complexity index is 312. The third-order valence-corrected chi connectivity index (χ3v) is 3.14. The number of rotatable bonds is 2. The molecule has 0 unspecified atom stereocenters. The molecule has 2 rings (SSSR count). The van der Waals surface area contributed by atoms with Gasteiger partial charge in [0.1, 0.15) is 5.82 Å². The molecule has 1 fully saturated rings. The summed E-state index contributed by atoms with van der Waals surface area (Å²) in [5.41, 5.74) is 1.14. The lowest BCUT2D eigenvalue weighted by molar-refractivity contribution is 0.179. The number of aliphatic hydroxyl groups excluding tert-OH is 1. The van der Waals surface area contributed by atoms with Crippen molar-refractivity contribution >= 4 is 0 Å². The largest absolute Gasteiger partial charge is 0.396 e. The third-order valence-electron chi connectivity index (χ3n) is 3.14. The van der Waals surface area contributed by atoms with Gasteiger partial charge in [-0.1, -0.05) is 12.1 Å². The lowest BCUT2D eigenvalue weighted by atomic mass is 9.82. The molecule has 1 aliphatic heterocycles. The molecule has 1 saturated heterocycles. The molecule has 0 bridgehead atoms. The van der Waals surface area contributed by atoms with Crippen molar-refractivity contribution in [2.24, 2.45) is 5.92 Å². The van der Waals surface area contributed by atoms with E-state index < -0.39 is 0 Å². The van der Waals surface area contributed by atoms with E-state index >= 15 is 0 Å². The highest BCUT2D eigenvalue weighted by Gasteiger charge is 2.25. The maximum Gasteiger partial charge on any atom is 0.123 e. The Morgan fingerprint density at radius 3 is 2.73 bits per heavy atom. The Labute approximate surface area is 89.1 Å². The van der Waals surface area contributed by atoms with Crippen LogP contribution in [0.1, 0.15) is 17.9 Å². The number of hydrogen-bond donors (Lipinski definition) is 2. The molecule has 15 heavy (non-hydrogen) atoms. The minimum absolute atomic E-state index is 0.190. The molecule has 1 heterocycles. The second-order valence-electron chi connectivity index (χ2n) is 4.09. The van der Waals surface area contributed by atoms with E-state index in [0.29, 0.717) is 5.92 Å². The SMILES string of the molecule is OC[C@H]1CNCC[C@@H]1c1ccc(F)cc1. The summed E-state index contributed by atoms with van der Waals surface area (Å²) in [7, 11) is 0. The number of piperidine rings is 1. The average molecular weight is 209 g/mol. The minimum atomic E-state index is -0.201. The van der Waals surface area contributed by atoms with Gasteiger partial charge in [-0.05, 0) is 36.6 Å². The molecule has 3 heteroatoms. The highest BCUT2D eigenvalue weighted by Crippen LogP contribution is 2.29. The van der Waals surface area contributed by atoms with Crippen LogP contribution in [0.25, 0.3) is 0 Å². The summed E-state index contributed by atoms with van der Waals surface area (Å²) in [6, 6.07) is 6.64. The van der Waals surface area contributed by atoms with Gasteiger partial charge in [0.25, 0.3) is 0 Å². The van der Waals surface area contributed by atoms with E-state index in [-0.39, 0.29) is 18.3 Å². The van der Waals surface area contributed by atoms with Crippen LogP contribution in [-0.4, -0.2) is 24.8 Å². The van der Waals surface area contributed by atoms with E-state index in [1.165, 1.54) is 12.1 Å². The first-order valence-corrected chi connectivity index (χ1v) is 5.38. The third kappa shape index (κ3) is 2.36. The molecule has 0 saturated carbocycles. The zero-order valence-corrected chi connectivity index (χ0v) is 8.62. The second-order valence-corrected chi connectivity index (χ2v) is 4.09. The highest BCUT2D eigenvalue weighted by atomic mass is 19.1. The predicted molar refractivity (Wildman–Crippen MR) is 57.2 cm³/mol. The lowest BCUT2D eigenvalue weighted by Gasteiger charge is -2.31. The maximum absolute atomic E-state index is 12.8. The molecule has 82 valence electrons. The maximum atomic E-state index is 12.8. The number of aliphatic hydroxyl groups is 1. The molecule has 1 aromatic rings. The lowest BCUT2D eigenvalue weighted by Crippen LogP contribution is -2.37. The van der Waals surface area contributed by atoms with Crippen molar-refractivity contribution in [3.8, 4) is 0 Å². The molecule has 2 nitrogen and oxygen atoms in total. The molecule has 2 N–H and O–H groups in total. The Morgan fingerprint density at radius 2 is 2.07 bits per heavy atom. The van der Waals surface area contributed by atoms with E-state index in [0.717, 1.165) is 25.1 Å². The van der Waals surface area contributed by atoms with Gasteiger partial charge in [0.05, 0.1) is 0 Å². The molecule has 0 aliphatic carbocycles. The van der Waals surface area contributed by atoms with E-state index in [1.807, 2.05) is 12.1 Å². The van der Waals surface area contributed by atoms with Gasteiger partial charge in [-0.2, -0.15) is 0 Å². The zero-order valence-electron chi connectivity index (χ0n) is 8.62. The minimum Gasteiger partial charge on any atom is -0.396 e. The van der Waals surface area contributed by atoms with Crippen molar-refractivity contribution in [3.05, 3.63) is 35.6 Å².